The van der Waals surface area contributed by atoms with Crippen LogP contribution in [0, 0.1) is 20.8 Å². The van der Waals surface area contributed by atoms with Crippen LogP contribution in [0.1, 0.15) is 28.9 Å². The van der Waals surface area contributed by atoms with Crippen molar-refractivity contribution in [3.05, 3.63) is 46.8 Å². The molecular weight excluding hydrogens is 240 g/mol. The van der Waals surface area contributed by atoms with Crippen molar-refractivity contribution in [1.29, 1.82) is 0 Å². The van der Waals surface area contributed by atoms with E-state index in [1.807, 2.05) is 49.7 Å². The molecule has 1 aromatic carbocycles. The second-order valence-electron chi connectivity index (χ2n) is 4.74. The first-order valence-electron chi connectivity index (χ1n) is 6.33. The molecule has 0 spiro atoms. The van der Waals surface area contributed by atoms with Crippen molar-refractivity contribution in [2.24, 2.45) is 0 Å². The van der Waals surface area contributed by atoms with Gasteiger partial charge in [-0.25, -0.2) is 4.68 Å². The Morgan fingerprint density at radius 2 is 1.95 bits per heavy atom. The van der Waals surface area contributed by atoms with Gasteiger partial charge in [0.1, 0.15) is 0 Å². The van der Waals surface area contributed by atoms with E-state index in [0.29, 0.717) is 6.42 Å². The Kier molecular flexibility index (Phi) is 3.69. The smallest absolute Gasteiger partial charge is 0.303 e. The summed E-state index contributed by atoms with van der Waals surface area (Å²) in [6, 6.07) is 8.05. The number of benzene rings is 1. The van der Waals surface area contributed by atoms with E-state index in [1.165, 1.54) is 0 Å². The van der Waals surface area contributed by atoms with E-state index in [1.54, 1.807) is 0 Å². The monoisotopic (exact) mass is 258 g/mol. The van der Waals surface area contributed by atoms with Crippen LogP contribution >= 0.6 is 0 Å². The number of carboxylic acids is 1. The Hall–Kier alpha value is -2.10. The van der Waals surface area contributed by atoms with Gasteiger partial charge in [-0.2, -0.15) is 5.10 Å². The first-order valence-corrected chi connectivity index (χ1v) is 6.33. The van der Waals surface area contributed by atoms with E-state index >= 15 is 0 Å². The van der Waals surface area contributed by atoms with Crippen LogP contribution in [0.15, 0.2) is 24.3 Å². The third-order valence-corrected chi connectivity index (χ3v) is 3.37. The zero-order valence-electron chi connectivity index (χ0n) is 11.5. The first kappa shape index (κ1) is 13.3. The molecule has 0 bridgehead atoms. The number of aliphatic carboxylic acids is 1. The van der Waals surface area contributed by atoms with Crippen LogP contribution in [-0.2, 0) is 11.2 Å². The average Bonchev–Trinajstić information content (AvgIpc) is 2.63. The number of carboxylic acid groups (broad SMARTS) is 1. The predicted molar refractivity (Wildman–Crippen MR) is 73.7 cm³/mol. The van der Waals surface area contributed by atoms with Gasteiger partial charge in [0.2, 0.25) is 0 Å². The number of aryl methyl sites for hydroxylation is 2. The lowest BCUT2D eigenvalue weighted by atomic mass is 10.1. The molecule has 0 aliphatic rings. The molecule has 4 nitrogen and oxygen atoms in total. The maximum absolute atomic E-state index is 10.7. The highest BCUT2D eigenvalue weighted by Crippen LogP contribution is 2.21. The highest BCUT2D eigenvalue weighted by molar-refractivity contribution is 5.67. The summed E-state index contributed by atoms with van der Waals surface area (Å²) in [4.78, 5) is 10.7. The minimum absolute atomic E-state index is 0.140. The van der Waals surface area contributed by atoms with E-state index in [0.717, 1.165) is 28.2 Å². The molecule has 0 saturated carbocycles. The molecule has 0 aliphatic heterocycles. The molecule has 100 valence electrons. The van der Waals surface area contributed by atoms with Crippen molar-refractivity contribution in [3.8, 4) is 5.69 Å². The number of nitrogens with zero attached hydrogens (tertiary/aromatic N) is 2. The molecule has 0 fully saturated rings. The maximum atomic E-state index is 10.7. The Labute approximate surface area is 112 Å². The van der Waals surface area contributed by atoms with Gasteiger partial charge in [0.15, 0.2) is 0 Å². The molecule has 1 N–H and O–H groups in total. The number of hydrogen-bond donors (Lipinski definition) is 1. The summed E-state index contributed by atoms with van der Waals surface area (Å²) in [7, 11) is 0. The van der Waals surface area contributed by atoms with Crippen LogP contribution in [0.4, 0.5) is 0 Å². The molecule has 19 heavy (non-hydrogen) atoms. The second-order valence-corrected chi connectivity index (χ2v) is 4.74. The van der Waals surface area contributed by atoms with Gasteiger partial charge in [0.25, 0.3) is 0 Å². The normalized spacial score (nSPS) is 10.7. The number of aromatic nitrogens is 2. The lowest BCUT2D eigenvalue weighted by Crippen LogP contribution is -2.02. The first-order chi connectivity index (χ1) is 9.00. The number of rotatable bonds is 4. The largest absolute Gasteiger partial charge is 0.481 e. The summed E-state index contributed by atoms with van der Waals surface area (Å²) in [6.07, 6.45) is 0.667. The third kappa shape index (κ3) is 2.67. The fourth-order valence-corrected chi connectivity index (χ4v) is 2.30. The molecule has 0 amide bonds. The van der Waals surface area contributed by atoms with Gasteiger partial charge in [-0.15, -0.1) is 0 Å². The maximum Gasteiger partial charge on any atom is 0.303 e. The molecule has 4 heteroatoms. The molecule has 0 saturated heterocycles. The summed E-state index contributed by atoms with van der Waals surface area (Å²) >= 11 is 0. The quantitative estimate of drug-likeness (QED) is 0.917. The van der Waals surface area contributed by atoms with Crippen LogP contribution in [0.3, 0.4) is 0 Å². The van der Waals surface area contributed by atoms with Crippen molar-refractivity contribution < 1.29 is 9.90 Å². The standard InChI is InChI=1S/C15H18N2O2/c1-10-6-4-5-7-14(10)17-12(3)13(11(2)16-17)8-9-15(18)19/h4-7H,8-9H2,1-3H3,(H,18,19). The fraction of sp³-hybridized carbons (Fsp3) is 0.333. The number of para-hydroxylation sites is 1. The summed E-state index contributed by atoms with van der Waals surface area (Å²) in [5, 5.41) is 13.3. The molecule has 1 aromatic heterocycles. The molecule has 0 unspecified atom stereocenters. The van der Waals surface area contributed by atoms with Crippen LogP contribution in [0.25, 0.3) is 5.69 Å². The summed E-state index contributed by atoms with van der Waals surface area (Å²) in [5.41, 5.74) is 5.16. The second kappa shape index (κ2) is 5.26. The van der Waals surface area contributed by atoms with Crippen molar-refractivity contribution in [2.75, 3.05) is 0 Å². The van der Waals surface area contributed by atoms with Crippen LogP contribution < -0.4 is 0 Å². The molecular formula is C15H18N2O2. The molecule has 0 atom stereocenters. The van der Waals surface area contributed by atoms with Crippen molar-refractivity contribution in [2.45, 2.75) is 33.6 Å². The molecule has 0 aliphatic carbocycles. The van der Waals surface area contributed by atoms with Crippen molar-refractivity contribution in [1.82, 2.24) is 9.78 Å². The summed E-state index contributed by atoms with van der Waals surface area (Å²) < 4.78 is 1.90. The Morgan fingerprint density at radius 3 is 2.58 bits per heavy atom. The zero-order chi connectivity index (χ0) is 14.0. The van der Waals surface area contributed by atoms with E-state index < -0.39 is 5.97 Å². The van der Waals surface area contributed by atoms with Crippen molar-refractivity contribution in [3.63, 3.8) is 0 Å². The van der Waals surface area contributed by atoms with E-state index in [9.17, 15) is 4.79 Å². The fourth-order valence-electron chi connectivity index (χ4n) is 2.30. The molecule has 2 rings (SSSR count). The highest BCUT2D eigenvalue weighted by atomic mass is 16.4. The Bertz CT molecular complexity index is 615. The van der Waals surface area contributed by atoms with Crippen LogP contribution in [-0.4, -0.2) is 20.9 Å². The van der Waals surface area contributed by atoms with E-state index in [-0.39, 0.29) is 6.42 Å². The molecule has 2 aromatic rings. The van der Waals surface area contributed by atoms with Gasteiger partial charge >= 0.3 is 5.97 Å². The van der Waals surface area contributed by atoms with Gasteiger partial charge in [0, 0.05) is 12.1 Å². The van der Waals surface area contributed by atoms with E-state index in [2.05, 4.69) is 5.10 Å². The lowest BCUT2D eigenvalue weighted by Gasteiger charge is -2.08. The molecule has 1 heterocycles. The Balaban J connectivity index is 2.41. The van der Waals surface area contributed by atoms with Gasteiger partial charge in [-0.05, 0) is 44.4 Å². The van der Waals surface area contributed by atoms with E-state index in [4.69, 9.17) is 5.11 Å². The van der Waals surface area contributed by atoms with Gasteiger partial charge in [-0.1, -0.05) is 18.2 Å². The SMILES string of the molecule is Cc1ccccc1-n1nc(C)c(CCC(=O)O)c1C. The Morgan fingerprint density at radius 1 is 1.26 bits per heavy atom. The minimum Gasteiger partial charge on any atom is -0.481 e. The number of carbonyl (C=O) groups is 1. The van der Waals surface area contributed by atoms with Crippen LogP contribution in [0.5, 0.6) is 0 Å². The average molecular weight is 258 g/mol. The van der Waals surface area contributed by atoms with Gasteiger partial charge in [-0.3, -0.25) is 4.79 Å². The van der Waals surface area contributed by atoms with Gasteiger partial charge < -0.3 is 5.11 Å². The van der Waals surface area contributed by atoms with Crippen LogP contribution in [0.2, 0.25) is 0 Å². The number of hydrogen-bond acceptors (Lipinski definition) is 2. The summed E-state index contributed by atoms with van der Waals surface area (Å²) in [6.45, 7) is 5.96. The topological polar surface area (TPSA) is 55.1 Å². The predicted octanol–water partition coefficient (Wildman–Crippen LogP) is 2.81. The third-order valence-electron chi connectivity index (χ3n) is 3.37. The highest BCUT2D eigenvalue weighted by Gasteiger charge is 2.14. The minimum atomic E-state index is -0.776. The zero-order valence-corrected chi connectivity index (χ0v) is 11.5. The lowest BCUT2D eigenvalue weighted by molar-refractivity contribution is -0.136. The van der Waals surface area contributed by atoms with Crippen molar-refractivity contribution >= 4 is 5.97 Å². The molecule has 0 radical (unpaired) electrons. The summed E-state index contributed by atoms with van der Waals surface area (Å²) in [5.74, 6) is -0.776. The van der Waals surface area contributed by atoms with Gasteiger partial charge in [0.05, 0.1) is 11.4 Å².